The third-order valence-corrected chi connectivity index (χ3v) is 8.81. The van der Waals surface area contributed by atoms with Crippen LogP contribution in [0.25, 0.3) is 0 Å². The number of nitrogens with zero attached hydrogens (tertiary/aromatic N) is 1. The Kier molecular flexibility index (Phi) is 15.2. The molecule has 0 saturated heterocycles. The molecular weight excluding hydrogens is 450 g/mol. The first-order chi connectivity index (χ1) is 12.2. The SMILES string of the molecule is CCSCCSCCN(CCSCCSCC)c1ccc(Br)c(C)c1. The summed E-state index contributed by atoms with van der Waals surface area (Å²) in [5, 5.41) is 0. The van der Waals surface area contributed by atoms with Gasteiger partial charge in [-0.1, -0.05) is 29.8 Å². The maximum Gasteiger partial charge on any atom is 0.0370 e. The fourth-order valence-electron chi connectivity index (χ4n) is 2.27. The van der Waals surface area contributed by atoms with Crippen molar-refractivity contribution in [3.05, 3.63) is 28.2 Å². The molecule has 144 valence electrons. The molecule has 1 rings (SSSR count). The lowest BCUT2D eigenvalue weighted by molar-refractivity contribution is 0.878. The molecule has 0 aliphatic heterocycles. The monoisotopic (exact) mass is 481 g/mol. The Hall–Kier alpha value is 0.900. The molecule has 0 amide bonds. The highest BCUT2D eigenvalue weighted by Crippen LogP contribution is 2.24. The van der Waals surface area contributed by atoms with Gasteiger partial charge in [-0.05, 0) is 42.2 Å². The van der Waals surface area contributed by atoms with Crippen molar-refractivity contribution in [2.45, 2.75) is 20.8 Å². The van der Waals surface area contributed by atoms with Crippen LogP contribution in [0.3, 0.4) is 0 Å². The number of anilines is 1. The van der Waals surface area contributed by atoms with E-state index in [9.17, 15) is 0 Å². The highest BCUT2D eigenvalue weighted by atomic mass is 79.9. The zero-order chi connectivity index (χ0) is 18.3. The summed E-state index contributed by atoms with van der Waals surface area (Å²) in [4.78, 5) is 2.57. The third kappa shape index (κ3) is 11.4. The molecule has 25 heavy (non-hydrogen) atoms. The minimum absolute atomic E-state index is 1.15. The molecule has 0 N–H and O–H groups in total. The first-order valence-corrected chi connectivity index (χ1v) is 14.4. The maximum atomic E-state index is 3.62. The van der Waals surface area contributed by atoms with Gasteiger partial charge in [0.15, 0.2) is 0 Å². The Morgan fingerprint density at radius 3 is 1.80 bits per heavy atom. The number of aryl methyl sites for hydroxylation is 1. The Bertz CT molecular complexity index is 443. The van der Waals surface area contributed by atoms with Crippen molar-refractivity contribution in [3.63, 3.8) is 0 Å². The minimum atomic E-state index is 1.15. The molecular formula is C19H32BrNS4. The van der Waals surface area contributed by atoms with Crippen LogP contribution in [0.15, 0.2) is 22.7 Å². The number of rotatable bonds is 15. The fourth-order valence-corrected chi connectivity index (χ4v) is 6.09. The first-order valence-electron chi connectivity index (χ1n) is 9.01. The molecule has 0 bridgehead atoms. The van der Waals surface area contributed by atoms with Crippen LogP contribution < -0.4 is 4.90 Å². The van der Waals surface area contributed by atoms with Crippen LogP contribution in [0.1, 0.15) is 19.4 Å². The minimum Gasteiger partial charge on any atom is -0.370 e. The zero-order valence-electron chi connectivity index (χ0n) is 15.8. The standard InChI is InChI=1S/C19H32BrNS4/c1-4-22-12-14-24-10-8-21(9-11-25-15-13-23-5-2)18-6-7-19(20)17(3)16-18/h6-7,16H,4-5,8-15H2,1-3H3. The Morgan fingerprint density at radius 1 is 0.800 bits per heavy atom. The summed E-state index contributed by atoms with van der Waals surface area (Å²) in [6, 6.07) is 6.76. The van der Waals surface area contributed by atoms with Crippen LogP contribution >= 0.6 is 63.0 Å². The van der Waals surface area contributed by atoms with Crippen LogP contribution in [0.2, 0.25) is 0 Å². The quantitative estimate of drug-likeness (QED) is 0.261. The van der Waals surface area contributed by atoms with E-state index < -0.39 is 0 Å². The average molecular weight is 483 g/mol. The summed E-state index contributed by atoms with van der Waals surface area (Å²) in [5.41, 5.74) is 2.69. The normalized spacial score (nSPS) is 11.0. The summed E-state index contributed by atoms with van der Waals surface area (Å²) in [5.74, 6) is 10.0. The molecule has 0 unspecified atom stereocenters. The molecule has 0 aliphatic carbocycles. The van der Waals surface area contributed by atoms with E-state index in [0.29, 0.717) is 0 Å². The summed E-state index contributed by atoms with van der Waals surface area (Å²) < 4.78 is 1.20. The topological polar surface area (TPSA) is 3.24 Å². The second-order valence-corrected chi connectivity index (χ2v) is 11.6. The number of halogens is 1. The lowest BCUT2D eigenvalue weighted by Gasteiger charge is -2.25. The lowest BCUT2D eigenvalue weighted by Crippen LogP contribution is -2.28. The molecule has 0 fully saturated rings. The van der Waals surface area contributed by atoms with Crippen LogP contribution in [0, 0.1) is 6.92 Å². The van der Waals surface area contributed by atoms with Crippen LogP contribution in [-0.4, -0.2) is 59.1 Å². The van der Waals surface area contributed by atoms with E-state index in [0.717, 1.165) is 13.1 Å². The zero-order valence-corrected chi connectivity index (χ0v) is 20.6. The van der Waals surface area contributed by atoms with Gasteiger partial charge in [-0.15, -0.1) is 0 Å². The summed E-state index contributed by atoms with van der Waals surface area (Å²) in [6.45, 7) is 8.95. The predicted octanol–water partition coefficient (Wildman–Crippen LogP) is 6.54. The van der Waals surface area contributed by atoms with Crippen molar-refractivity contribution in [2.24, 2.45) is 0 Å². The van der Waals surface area contributed by atoms with Gasteiger partial charge in [0.2, 0.25) is 0 Å². The molecule has 0 radical (unpaired) electrons. The molecule has 6 heteroatoms. The van der Waals surface area contributed by atoms with Gasteiger partial charge in [-0.2, -0.15) is 47.0 Å². The van der Waals surface area contributed by atoms with Crippen LogP contribution in [-0.2, 0) is 0 Å². The third-order valence-electron chi connectivity index (χ3n) is 3.67. The van der Waals surface area contributed by atoms with Crippen molar-refractivity contribution in [3.8, 4) is 0 Å². The van der Waals surface area contributed by atoms with Crippen molar-refractivity contribution < 1.29 is 0 Å². The number of hydrogen-bond acceptors (Lipinski definition) is 5. The van der Waals surface area contributed by atoms with Gasteiger partial charge < -0.3 is 4.90 Å². The van der Waals surface area contributed by atoms with E-state index in [4.69, 9.17) is 0 Å². The van der Waals surface area contributed by atoms with Gasteiger partial charge in [0.25, 0.3) is 0 Å². The molecule has 0 atom stereocenters. The molecule has 1 aromatic rings. The second kappa shape index (κ2) is 15.9. The summed E-state index contributed by atoms with van der Waals surface area (Å²) in [6.07, 6.45) is 0. The fraction of sp³-hybridized carbons (Fsp3) is 0.684. The molecule has 1 nitrogen and oxygen atoms in total. The van der Waals surface area contributed by atoms with E-state index in [2.05, 4.69) is 83.3 Å². The van der Waals surface area contributed by atoms with Gasteiger partial charge in [-0.3, -0.25) is 0 Å². The van der Waals surface area contributed by atoms with Gasteiger partial charge in [0.1, 0.15) is 0 Å². The predicted molar refractivity (Wildman–Crippen MR) is 132 cm³/mol. The van der Waals surface area contributed by atoms with Gasteiger partial charge in [0, 0.05) is 57.8 Å². The van der Waals surface area contributed by atoms with Crippen LogP contribution in [0.4, 0.5) is 5.69 Å². The maximum absolute atomic E-state index is 3.62. The van der Waals surface area contributed by atoms with E-state index in [-0.39, 0.29) is 0 Å². The first kappa shape index (κ1) is 23.9. The van der Waals surface area contributed by atoms with Crippen molar-refractivity contribution in [2.75, 3.05) is 64.0 Å². The highest BCUT2D eigenvalue weighted by Gasteiger charge is 2.08. The van der Waals surface area contributed by atoms with Gasteiger partial charge in [0.05, 0.1) is 0 Å². The molecule has 1 aromatic carbocycles. The number of hydrogen-bond donors (Lipinski definition) is 0. The molecule has 0 aromatic heterocycles. The second-order valence-electron chi connectivity index (χ2n) is 5.54. The van der Waals surface area contributed by atoms with Crippen molar-refractivity contribution in [1.29, 1.82) is 0 Å². The summed E-state index contributed by atoms with van der Waals surface area (Å²) in [7, 11) is 0. The average Bonchev–Trinajstić information content (AvgIpc) is 2.61. The Labute approximate surface area is 180 Å². The molecule has 0 saturated carbocycles. The van der Waals surface area contributed by atoms with Crippen molar-refractivity contribution >= 4 is 68.7 Å². The Morgan fingerprint density at radius 2 is 1.32 bits per heavy atom. The highest BCUT2D eigenvalue weighted by molar-refractivity contribution is 9.10. The van der Waals surface area contributed by atoms with Gasteiger partial charge >= 0.3 is 0 Å². The van der Waals surface area contributed by atoms with Crippen molar-refractivity contribution in [1.82, 2.24) is 0 Å². The number of thioether (sulfide) groups is 4. The molecule has 0 heterocycles. The molecule has 0 aliphatic rings. The smallest absolute Gasteiger partial charge is 0.0370 e. The largest absolute Gasteiger partial charge is 0.370 e. The van der Waals surface area contributed by atoms with E-state index in [1.54, 1.807) is 0 Å². The Balaban J connectivity index is 2.44. The number of benzene rings is 1. The summed E-state index contributed by atoms with van der Waals surface area (Å²) >= 11 is 11.9. The van der Waals surface area contributed by atoms with Crippen LogP contribution in [0.5, 0.6) is 0 Å². The van der Waals surface area contributed by atoms with E-state index in [1.165, 1.54) is 61.7 Å². The van der Waals surface area contributed by atoms with Gasteiger partial charge in [-0.25, -0.2) is 0 Å². The van der Waals surface area contributed by atoms with E-state index in [1.807, 2.05) is 23.5 Å². The lowest BCUT2D eigenvalue weighted by atomic mass is 10.2. The van der Waals surface area contributed by atoms with E-state index >= 15 is 0 Å². The molecule has 0 spiro atoms.